The molecule has 0 radical (unpaired) electrons. The van der Waals surface area contributed by atoms with E-state index < -0.39 is 0 Å². The van der Waals surface area contributed by atoms with Gasteiger partial charge >= 0.3 is 0 Å². The van der Waals surface area contributed by atoms with Gasteiger partial charge < -0.3 is 9.84 Å². The first-order valence-electron chi connectivity index (χ1n) is 9.00. The minimum atomic E-state index is 0.00878. The van der Waals surface area contributed by atoms with Crippen LogP contribution in [0.1, 0.15) is 68.1 Å². The molecule has 0 bridgehead atoms. The van der Waals surface area contributed by atoms with Gasteiger partial charge in [-0.1, -0.05) is 56.3 Å². The number of carbonyl (C=O) groups is 1. The summed E-state index contributed by atoms with van der Waals surface area (Å²) in [5.74, 6) is 1.20. The highest BCUT2D eigenvalue weighted by Crippen LogP contribution is 2.19. The lowest BCUT2D eigenvalue weighted by Gasteiger charge is -2.21. The molecule has 24 heavy (non-hydrogen) atoms. The van der Waals surface area contributed by atoms with Crippen LogP contribution in [0.2, 0.25) is 0 Å². The van der Waals surface area contributed by atoms with Crippen LogP contribution in [0.3, 0.4) is 0 Å². The normalized spacial score (nSPS) is 16.4. The molecule has 3 rings (SSSR count). The highest BCUT2D eigenvalue weighted by molar-refractivity contribution is 5.94. The zero-order valence-electron chi connectivity index (χ0n) is 14.3. The molecule has 0 saturated heterocycles. The van der Waals surface area contributed by atoms with Gasteiger partial charge in [0.2, 0.25) is 11.7 Å². The fourth-order valence-electron chi connectivity index (χ4n) is 3.16. The molecule has 2 aromatic rings. The van der Waals surface area contributed by atoms with Gasteiger partial charge in [-0.15, -0.1) is 0 Å². The van der Waals surface area contributed by atoms with Crippen LogP contribution in [-0.2, 0) is 6.42 Å². The molecular weight excluding hydrogens is 302 g/mol. The zero-order valence-corrected chi connectivity index (χ0v) is 14.3. The molecule has 1 aliphatic carbocycles. The number of carbonyl (C=O) groups excluding carboxylic acids is 1. The van der Waals surface area contributed by atoms with Crippen molar-refractivity contribution < 1.29 is 9.32 Å². The minimum absolute atomic E-state index is 0.00878. The maximum absolute atomic E-state index is 12.4. The van der Waals surface area contributed by atoms with Crippen molar-refractivity contribution in [1.82, 2.24) is 15.5 Å². The summed E-state index contributed by atoms with van der Waals surface area (Å²) < 4.78 is 5.13. The standard InChI is InChI=1S/C19H25N3O2/c1-2-17-21-18(22-24-17)14-10-12-15(13-11-14)19(23)20-16-8-6-4-3-5-7-9-16/h10-13,16H,2-9H2,1H3,(H,20,23). The molecule has 1 heterocycles. The van der Waals surface area contributed by atoms with Crippen molar-refractivity contribution in [1.29, 1.82) is 0 Å². The molecule has 0 spiro atoms. The number of nitrogens with zero attached hydrogens (tertiary/aromatic N) is 2. The van der Waals surface area contributed by atoms with Crippen molar-refractivity contribution in [3.63, 3.8) is 0 Å². The molecule has 1 amide bonds. The second kappa shape index (κ2) is 8.08. The van der Waals surface area contributed by atoms with Crippen LogP contribution in [0.15, 0.2) is 28.8 Å². The van der Waals surface area contributed by atoms with Crippen molar-refractivity contribution in [2.75, 3.05) is 0 Å². The highest BCUT2D eigenvalue weighted by atomic mass is 16.5. The third-order valence-electron chi connectivity index (χ3n) is 4.62. The molecule has 1 fully saturated rings. The predicted molar refractivity (Wildman–Crippen MR) is 92.7 cm³/mol. The third kappa shape index (κ3) is 4.22. The summed E-state index contributed by atoms with van der Waals surface area (Å²) in [6, 6.07) is 7.71. The maximum atomic E-state index is 12.4. The Hall–Kier alpha value is -2.17. The summed E-state index contributed by atoms with van der Waals surface area (Å²) in [5, 5.41) is 7.14. The Kier molecular flexibility index (Phi) is 5.62. The Bertz CT molecular complexity index is 656. The van der Waals surface area contributed by atoms with E-state index in [1.54, 1.807) is 0 Å². The summed E-state index contributed by atoms with van der Waals surface area (Å²) >= 11 is 0. The molecule has 1 aromatic heterocycles. The predicted octanol–water partition coefficient (Wildman–Crippen LogP) is 4.14. The van der Waals surface area contributed by atoms with Gasteiger partial charge in [-0.05, 0) is 25.0 Å². The third-order valence-corrected chi connectivity index (χ3v) is 4.62. The SMILES string of the molecule is CCc1nc(-c2ccc(C(=O)NC3CCCCCCC3)cc2)no1. The van der Waals surface area contributed by atoms with Gasteiger partial charge in [-0.3, -0.25) is 4.79 Å². The first kappa shape index (κ1) is 16.7. The number of aryl methyl sites for hydroxylation is 1. The molecule has 5 heteroatoms. The molecule has 0 aliphatic heterocycles. The van der Waals surface area contributed by atoms with E-state index in [-0.39, 0.29) is 5.91 Å². The van der Waals surface area contributed by atoms with Gasteiger partial charge in [0.15, 0.2) is 0 Å². The average Bonchev–Trinajstić information content (AvgIpc) is 3.06. The quantitative estimate of drug-likeness (QED) is 0.916. The van der Waals surface area contributed by atoms with Crippen molar-refractivity contribution in [3.8, 4) is 11.4 Å². The fraction of sp³-hybridized carbons (Fsp3) is 0.526. The van der Waals surface area contributed by atoms with Gasteiger partial charge in [0.05, 0.1) is 0 Å². The maximum Gasteiger partial charge on any atom is 0.251 e. The van der Waals surface area contributed by atoms with E-state index in [9.17, 15) is 4.79 Å². The fourth-order valence-corrected chi connectivity index (χ4v) is 3.16. The van der Waals surface area contributed by atoms with E-state index >= 15 is 0 Å². The zero-order chi connectivity index (χ0) is 16.8. The summed E-state index contributed by atoms with van der Waals surface area (Å²) in [6.07, 6.45) is 9.21. The van der Waals surface area contributed by atoms with Crippen LogP contribution in [0, 0.1) is 0 Å². The van der Waals surface area contributed by atoms with E-state index in [1.807, 2.05) is 31.2 Å². The molecule has 1 N–H and O–H groups in total. The average molecular weight is 327 g/mol. The number of hydrogen-bond donors (Lipinski definition) is 1. The summed E-state index contributed by atoms with van der Waals surface area (Å²) in [6.45, 7) is 1.97. The highest BCUT2D eigenvalue weighted by Gasteiger charge is 2.15. The summed E-state index contributed by atoms with van der Waals surface area (Å²) in [4.78, 5) is 16.8. The van der Waals surface area contributed by atoms with Crippen molar-refractivity contribution in [2.24, 2.45) is 0 Å². The van der Waals surface area contributed by atoms with Gasteiger partial charge in [-0.2, -0.15) is 4.98 Å². The van der Waals surface area contributed by atoms with Gasteiger partial charge in [0.1, 0.15) is 0 Å². The second-order valence-corrected chi connectivity index (χ2v) is 6.46. The van der Waals surface area contributed by atoms with Crippen LogP contribution < -0.4 is 5.32 Å². The van der Waals surface area contributed by atoms with Crippen molar-refractivity contribution in [3.05, 3.63) is 35.7 Å². The molecule has 1 aliphatic rings. The molecule has 5 nitrogen and oxygen atoms in total. The second-order valence-electron chi connectivity index (χ2n) is 6.46. The monoisotopic (exact) mass is 327 g/mol. The summed E-state index contributed by atoms with van der Waals surface area (Å²) in [7, 11) is 0. The summed E-state index contributed by atoms with van der Waals surface area (Å²) in [5.41, 5.74) is 1.54. The largest absolute Gasteiger partial charge is 0.349 e. The van der Waals surface area contributed by atoms with Crippen molar-refractivity contribution >= 4 is 5.91 Å². The van der Waals surface area contributed by atoms with Crippen LogP contribution in [0.4, 0.5) is 0 Å². The number of benzene rings is 1. The van der Waals surface area contributed by atoms with E-state index in [0.717, 1.165) is 24.8 Å². The molecule has 1 aromatic carbocycles. The van der Waals surface area contributed by atoms with Crippen LogP contribution >= 0.6 is 0 Å². The first-order chi connectivity index (χ1) is 11.8. The smallest absolute Gasteiger partial charge is 0.251 e. The number of nitrogens with one attached hydrogen (secondary N) is 1. The first-order valence-corrected chi connectivity index (χ1v) is 9.00. The lowest BCUT2D eigenvalue weighted by atomic mass is 9.96. The van der Waals surface area contributed by atoms with Crippen LogP contribution in [-0.4, -0.2) is 22.1 Å². The lowest BCUT2D eigenvalue weighted by Crippen LogP contribution is -2.35. The van der Waals surface area contributed by atoms with E-state index in [4.69, 9.17) is 4.52 Å². The number of hydrogen-bond acceptors (Lipinski definition) is 4. The van der Waals surface area contributed by atoms with Crippen LogP contribution in [0.5, 0.6) is 0 Å². The molecular formula is C19H25N3O2. The van der Waals surface area contributed by atoms with Gasteiger partial charge in [-0.25, -0.2) is 0 Å². The molecule has 0 atom stereocenters. The molecule has 128 valence electrons. The lowest BCUT2D eigenvalue weighted by molar-refractivity contribution is 0.0930. The van der Waals surface area contributed by atoms with E-state index in [0.29, 0.717) is 23.3 Å². The van der Waals surface area contributed by atoms with Crippen molar-refractivity contribution in [2.45, 2.75) is 64.3 Å². The topological polar surface area (TPSA) is 68.0 Å². The Morgan fingerprint density at radius 2 is 1.79 bits per heavy atom. The van der Waals surface area contributed by atoms with Gasteiger partial charge in [0.25, 0.3) is 5.91 Å². The number of amides is 1. The molecule has 1 saturated carbocycles. The number of rotatable bonds is 4. The minimum Gasteiger partial charge on any atom is -0.349 e. The van der Waals surface area contributed by atoms with E-state index in [1.165, 1.54) is 32.1 Å². The Morgan fingerprint density at radius 3 is 2.42 bits per heavy atom. The Balaban J connectivity index is 1.62. The van der Waals surface area contributed by atoms with Crippen LogP contribution in [0.25, 0.3) is 11.4 Å². The molecule has 0 unspecified atom stereocenters. The number of aromatic nitrogens is 2. The Labute approximate surface area is 142 Å². The van der Waals surface area contributed by atoms with Gasteiger partial charge in [0, 0.05) is 23.6 Å². The Morgan fingerprint density at radius 1 is 1.12 bits per heavy atom. The van der Waals surface area contributed by atoms with E-state index in [2.05, 4.69) is 15.5 Å².